The van der Waals surface area contributed by atoms with Crippen LogP contribution >= 0.6 is 0 Å². The standard InChI is InChI=1S/C12H14N2O4/c15-11(16)10-5-4-9(18-10)8-13-12(17)14-6-2-1-3-7-14/h1-2,4-5H,3,6-8H2,(H,13,17)(H,15,16). The Balaban J connectivity index is 1.85. The first-order valence-electron chi connectivity index (χ1n) is 5.66. The number of carbonyl (C=O) groups is 2. The van der Waals surface area contributed by atoms with Crippen molar-refractivity contribution in [3.63, 3.8) is 0 Å². The van der Waals surface area contributed by atoms with Crippen molar-refractivity contribution >= 4 is 12.0 Å². The number of carboxylic acids is 1. The van der Waals surface area contributed by atoms with Gasteiger partial charge in [0.2, 0.25) is 5.76 Å². The highest BCUT2D eigenvalue weighted by atomic mass is 16.4. The molecule has 0 aromatic carbocycles. The molecule has 2 amide bonds. The summed E-state index contributed by atoms with van der Waals surface area (Å²) in [4.78, 5) is 24.0. The molecule has 18 heavy (non-hydrogen) atoms. The maximum absolute atomic E-state index is 11.7. The molecule has 0 unspecified atom stereocenters. The minimum absolute atomic E-state index is 0.125. The molecule has 2 N–H and O–H groups in total. The average molecular weight is 250 g/mol. The van der Waals surface area contributed by atoms with Gasteiger partial charge >= 0.3 is 12.0 Å². The van der Waals surface area contributed by atoms with Crippen molar-refractivity contribution in [2.24, 2.45) is 0 Å². The van der Waals surface area contributed by atoms with E-state index in [4.69, 9.17) is 9.52 Å². The number of urea groups is 1. The number of hydrogen-bond donors (Lipinski definition) is 2. The van der Waals surface area contributed by atoms with Crippen molar-refractivity contribution in [2.45, 2.75) is 13.0 Å². The van der Waals surface area contributed by atoms with Crippen LogP contribution < -0.4 is 5.32 Å². The van der Waals surface area contributed by atoms with Crippen LogP contribution in [0.25, 0.3) is 0 Å². The van der Waals surface area contributed by atoms with Crippen molar-refractivity contribution in [3.8, 4) is 0 Å². The average Bonchev–Trinajstić information content (AvgIpc) is 2.86. The van der Waals surface area contributed by atoms with E-state index < -0.39 is 5.97 Å². The molecule has 1 aliphatic heterocycles. The van der Waals surface area contributed by atoms with Crippen LogP contribution in [0, 0.1) is 0 Å². The lowest BCUT2D eigenvalue weighted by Crippen LogP contribution is -2.41. The lowest BCUT2D eigenvalue weighted by Gasteiger charge is -2.23. The second-order valence-corrected chi connectivity index (χ2v) is 3.94. The highest BCUT2D eigenvalue weighted by Crippen LogP contribution is 2.08. The van der Waals surface area contributed by atoms with Gasteiger partial charge in [-0.3, -0.25) is 0 Å². The van der Waals surface area contributed by atoms with Gasteiger partial charge in [-0.25, -0.2) is 9.59 Å². The van der Waals surface area contributed by atoms with Crippen molar-refractivity contribution < 1.29 is 19.1 Å². The molecule has 0 radical (unpaired) electrons. The number of furan rings is 1. The van der Waals surface area contributed by atoms with Crippen LogP contribution in [0.15, 0.2) is 28.7 Å². The summed E-state index contributed by atoms with van der Waals surface area (Å²) in [6.45, 7) is 1.48. The number of nitrogens with one attached hydrogen (secondary N) is 1. The summed E-state index contributed by atoms with van der Waals surface area (Å²) < 4.78 is 5.04. The lowest BCUT2D eigenvalue weighted by molar-refractivity contribution is 0.0660. The highest BCUT2D eigenvalue weighted by Gasteiger charge is 2.14. The third-order valence-corrected chi connectivity index (χ3v) is 2.63. The van der Waals surface area contributed by atoms with Gasteiger partial charge in [0.05, 0.1) is 6.54 Å². The summed E-state index contributed by atoms with van der Waals surface area (Å²) in [7, 11) is 0. The van der Waals surface area contributed by atoms with Gasteiger partial charge in [-0.05, 0) is 18.6 Å². The second kappa shape index (κ2) is 5.39. The molecule has 1 aromatic heterocycles. The second-order valence-electron chi connectivity index (χ2n) is 3.94. The number of carboxylic acid groups (broad SMARTS) is 1. The summed E-state index contributed by atoms with van der Waals surface area (Å²) >= 11 is 0. The van der Waals surface area contributed by atoms with Crippen LogP contribution in [0.4, 0.5) is 4.79 Å². The topological polar surface area (TPSA) is 82.8 Å². The van der Waals surface area contributed by atoms with Crippen LogP contribution in [0.3, 0.4) is 0 Å². The molecular formula is C12H14N2O4. The Labute approximate surface area is 104 Å². The Hall–Kier alpha value is -2.24. The summed E-state index contributed by atoms with van der Waals surface area (Å²) in [5.41, 5.74) is 0. The number of hydrogen-bond acceptors (Lipinski definition) is 3. The first-order chi connectivity index (χ1) is 8.66. The molecule has 1 aromatic rings. The van der Waals surface area contributed by atoms with Gasteiger partial charge in [0.1, 0.15) is 5.76 Å². The zero-order valence-corrected chi connectivity index (χ0v) is 9.76. The van der Waals surface area contributed by atoms with Crippen molar-refractivity contribution in [1.29, 1.82) is 0 Å². The van der Waals surface area contributed by atoms with E-state index in [2.05, 4.69) is 5.32 Å². The molecule has 0 spiro atoms. The molecule has 96 valence electrons. The molecule has 2 heterocycles. The Morgan fingerprint density at radius 1 is 1.39 bits per heavy atom. The molecular weight excluding hydrogens is 236 g/mol. The van der Waals surface area contributed by atoms with E-state index in [0.717, 1.165) is 6.42 Å². The predicted octanol–water partition coefficient (Wildman–Crippen LogP) is 1.45. The zero-order valence-electron chi connectivity index (χ0n) is 9.76. The summed E-state index contributed by atoms with van der Waals surface area (Å²) in [5.74, 6) is -0.817. The smallest absolute Gasteiger partial charge is 0.371 e. The molecule has 0 aliphatic carbocycles. The van der Waals surface area contributed by atoms with E-state index in [-0.39, 0.29) is 18.3 Å². The van der Waals surface area contributed by atoms with Crippen LogP contribution in [0.5, 0.6) is 0 Å². The summed E-state index contributed by atoms with van der Waals surface area (Å²) in [5, 5.41) is 11.4. The van der Waals surface area contributed by atoms with Gasteiger partial charge in [-0.2, -0.15) is 0 Å². The van der Waals surface area contributed by atoms with Gasteiger partial charge in [-0.1, -0.05) is 12.2 Å². The van der Waals surface area contributed by atoms with E-state index in [1.807, 2.05) is 12.2 Å². The zero-order chi connectivity index (χ0) is 13.0. The quantitative estimate of drug-likeness (QED) is 0.795. The van der Waals surface area contributed by atoms with Crippen molar-refractivity contribution in [3.05, 3.63) is 35.8 Å². The molecule has 0 saturated carbocycles. The third-order valence-electron chi connectivity index (χ3n) is 2.63. The minimum atomic E-state index is -1.12. The summed E-state index contributed by atoms with van der Waals surface area (Å²) in [6.07, 6.45) is 4.84. The number of rotatable bonds is 3. The molecule has 0 bridgehead atoms. The van der Waals surface area contributed by atoms with Gasteiger partial charge in [0.25, 0.3) is 0 Å². The van der Waals surface area contributed by atoms with Crippen molar-refractivity contribution in [2.75, 3.05) is 13.1 Å². The fourth-order valence-corrected chi connectivity index (χ4v) is 1.69. The Morgan fingerprint density at radius 2 is 2.22 bits per heavy atom. The van der Waals surface area contributed by atoms with E-state index >= 15 is 0 Å². The molecule has 0 fully saturated rings. The largest absolute Gasteiger partial charge is 0.475 e. The summed E-state index contributed by atoms with van der Waals surface area (Å²) in [6, 6.07) is 2.74. The van der Waals surface area contributed by atoms with E-state index in [1.54, 1.807) is 11.0 Å². The molecule has 1 aliphatic rings. The normalized spacial score (nSPS) is 14.6. The Bertz CT molecular complexity index is 478. The maximum atomic E-state index is 11.7. The van der Waals surface area contributed by atoms with E-state index in [0.29, 0.717) is 18.8 Å². The van der Waals surface area contributed by atoms with Gasteiger partial charge in [0.15, 0.2) is 0 Å². The van der Waals surface area contributed by atoms with Crippen LogP contribution in [0.1, 0.15) is 22.7 Å². The third kappa shape index (κ3) is 2.91. The van der Waals surface area contributed by atoms with Crippen LogP contribution in [-0.2, 0) is 6.54 Å². The number of nitrogens with zero attached hydrogens (tertiary/aromatic N) is 1. The highest BCUT2D eigenvalue weighted by molar-refractivity contribution is 5.84. The van der Waals surface area contributed by atoms with Crippen LogP contribution in [0.2, 0.25) is 0 Å². The molecule has 0 saturated heterocycles. The maximum Gasteiger partial charge on any atom is 0.371 e. The minimum Gasteiger partial charge on any atom is -0.475 e. The number of amides is 2. The Kier molecular flexibility index (Phi) is 3.66. The molecule has 2 rings (SSSR count). The molecule has 6 heteroatoms. The number of aromatic carboxylic acids is 1. The predicted molar refractivity (Wildman–Crippen MR) is 63.2 cm³/mol. The van der Waals surface area contributed by atoms with Crippen molar-refractivity contribution in [1.82, 2.24) is 10.2 Å². The van der Waals surface area contributed by atoms with Gasteiger partial charge in [0, 0.05) is 13.1 Å². The lowest BCUT2D eigenvalue weighted by atomic mass is 10.3. The first kappa shape index (κ1) is 12.2. The first-order valence-corrected chi connectivity index (χ1v) is 5.66. The molecule has 6 nitrogen and oxygen atoms in total. The monoisotopic (exact) mass is 250 g/mol. The van der Waals surface area contributed by atoms with Crippen LogP contribution in [-0.4, -0.2) is 35.1 Å². The SMILES string of the molecule is O=C(O)c1ccc(CNC(=O)N2CC=CCC2)o1. The van der Waals surface area contributed by atoms with Gasteiger partial charge < -0.3 is 19.7 Å². The van der Waals surface area contributed by atoms with Gasteiger partial charge in [-0.15, -0.1) is 0 Å². The van der Waals surface area contributed by atoms with E-state index in [9.17, 15) is 9.59 Å². The number of carbonyl (C=O) groups excluding carboxylic acids is 1. The Morgan fingerprint density at radius 3 is 2.83 bits per heavy atom. The fraction of sp³-hybridized carbons (Fsp3) is 0.333. The molecule has 0 atom stereocenters. The fourth-order valence-electron chi connectivity index (χ4n) is 1.69. The van der Waals surface area contributed by atoms with E-state index in [1.165, 1.54) is 6.07 Å².